The maximum atomic E-state index is 12.6. The first kappa shape index (κ1) is 14.5. The van der Waals surface area contributed by atoms with Crippen molar-refractivity contribution < 1.29 is 19.8 Å². The molecule has 2 rings (SSSR count). The summed E-state index contributed by atoms with van der Waals surface area (Å²) in [5, 5.41) is 18.7. The van der Waals surface area contributed by atoms with Gasteiger partial charge in [0.05, 0.1) is 6.10 Å². The monoisotopic (exact) mass is 278 g/mol. The van der Waals surface area contributed by atoms with Crippen LogP contribution in [-0.4, -0.2) is 45.7 Å². The Balaban J connectivity index is 2.28. The standard InChI is InChI=1S/C14H18N2O4/c1-14(15,9-5-3-2-4-6-9)13(20)16-8-10(17)7-11(16)12(18)19/h2-6,10-11,17H,7-8,15H2,1H3,(H,18,19)/t10-,11-,14?/m1/s1. The van der Waals surface area contributed by atoms with E-state index in [1.54, 1.807) is 31.2 Å². The molecule has 0 bridgehead atoms. The van der Waals surface area contributed by atoms with Crippen LogP contribution in [0.4, 0.5) is 0 Å². The second-order valence-electron chi connectivity index (χ2n) is 5.27. The quantitative estimate of drug-likeness (QED) is 0.716. The highest BCUT2D eigenvalue weighted by Crippen LogP contribution is 2.26. The van der Waals surface area contributed by atoms with Gasteiger partial charge in [-0.25, -0.2) is 4.79 Å². The molecule has 1 aliphatic rings. The number of carbonyl (C=O) groups excluding carboxylic acids is 1. The number of benzene rings is 1. The highest BCUT2D eigenvalue weighted by atomic mass is 16.4. The van der Waals surface area contributed by atoms with Gasteiger partial charge >= 0.3 is 5.97 Å². The Hall–Kier alpha value is -1.92. The Labute approximate surface area is 116 Å². The summed E-state index contributed by atoms with van der Waals surface area (Å²) in [7, 11) is 0. The van der Waals surface area contributed by atoms with Crippen molar-refractivity contribution in [2.45, 2.75) is 31.0 Å². The van der Waals surface area contributed by atoms with Gasteiger partial charge in [0.15, 0.2) is 0 Å². The number of nitrogens with zero attached hydrogens (tertiary/aromatic N) is 1. The molecule has 3 atom stereocenters. The highest BCUT2D eigenvalue weighted by molar-refractivity contribution is 5.91. The van der Waals surface area contributed by atoms with Crippen LogP contribution in [0.25, 0.3) is 0 Å². The molecule has 0 spiro atoms. The molecule has 1 aliphatic heterocycles. The van der Waals surface area contributed by atoms with E-state index in [2.05, 4.69) is 0 Å². The number of nitrogens with two attached hydrogens (primary N) is 1. The largest absolute Gasteiger partial charge is 0.480 e. The van der Waals surface area contributed by atoms with Crippen LogP contribution in [0.3, 0.4) is 0 Å². The molecule has 6 heteroatoms. The van der Waals surface area contributed by atoms with E-state index >= 15 is 0 Å². The molecule has 0 aliphatic carbocycles. The lowest BCUT2D eigenvalue weighted by Gasteiger charge is -2.31. The lowest BCUT2D eigenvalue weighted by molar-refractivity contribution is -0.150. The van der Waals surface area contributed by atoms with Crippen molar-refractivity contribution in [3.8, 4) is 0 Å². The van der Waals surface area contributed by atoms with Gasteiger partial charge in [0.1, 0.15) is 11.6 Å². The number of likely N-dealkylation sites (tertiary alicyclic amines) is 1. The zero-order valence-electron chi connectivity index (χ0n) is 11.2. The van der Waals surface area contributed by atoms with Gasteiger partial charge in [-0.1, -0.05) is 30.3 Å². The number of β-amino-alcohol motifs (C(OH)–C–C–N with tert-alkyl or cyclic N) is 1. The minimum Gasteiger partial charge on any atom is -0.480 e. The Bertz CT molecular complexity index is 515. The molecule has 1 aromatic carbocycles. The zero-order chi connectivity index (χ0) is 14.9. The number of rotatable bonds is 3. The van der Waals surface area contributed by atoms with Gasteiger partial charge in [-0.15, -0.1) is 0 Å². The second-order valence-corrected chi connectivity index (χ2v) is 5.27. The summed E-state index contributed by atoms with van der Waals surface area (Å²) >= 11 is 0. The van der Waals surface area contributed by atoms with E-state index in [9.17, 15) is 14.7 Å². The third kappa shape index (κ3) is 2.52. The SMILES string of the molecule is CC(N)(C(=O)N1C[C@H](O)C[C@@H]1C(=O)O)c1ccccc1. The summed E-state index contributed by atoms with van der Waals surface area (Å²) < 4.78 is 0. The number of hydrogen-bond donors (Lipinski definition) is 3. The fourth-order valence-corrected chi connectivity index (χ4v) is 2.48. The maximum Gasteiger partial charge on any atom is 0.326 e. The van der Waals surface area contributed by atoms with Crippen molar-refractivity contribution in [3.05, 3.63) is 35.9 Å². The summed E-state index contributed by atoms with van der Waals surface area (Å²) in [6.45, 7) is 1.55. The number of amides is 1. The maximum absolute atomic E-state index is 12.6. The summed E-state index contributed by atoms with van der Waals surface area (Å²) in [6, 6.07) is 7.76. The van der Waals surface area contributed by atoms with Crippen molar-refractivity contribution in [1.82, 2.24) is 4.90 Å². The molecule has 0 radical (unpaired) electrons. The van der Waals surface area contributed by atoms with E-state index in [4.69, 9.17) is 10.8 Å². The first-order chi connectivity index (χ1) is 9.34. The Morgan fingerprint density at radius 1 is 1.35 bits per heavy atom. The summed E-state index contributed by atoms with van der Waals surface area (Å²) in [6.07, 6.45) is -0.794. The van der Waals surface area contributed by atoms with Crippen LogP contribution in [-0.2, 0) is 15.1 Å². The van der Waals surface area contributed by atoms with Gasteiger partial charge in [-0.2, -0.15) is 0 Å². The number of hydrogen-bond acceptors (Lipinski definition) is 4. The fraction of sp³-hybridized carbons (Fsp3) is 0.429. The fourth-order valence-electron chi connectivity index (χ4n) is 2.48. The summed E-state index contributed by atoms with van der Waals surface area (Å²) in [5.74, 6) is -1.62. The van der Waals surface area contributed by atoms with Gasteiger partial charge in [0.2, 0.25) is 5.91 Å². The van der Waals surface area contributed by atoms with E-state index in [1.165, 1.54) is 0 Å². The molecular weight excluding hydrogens is 260 g/mol. The van der Waals surface area contributed by atoms with Crippen LogP contribution < -0.4 is 5.73 Å². The topological polar surface area (TPSA) is 104 Å². The summed E-state index contributed by atoms with van der Waals surface area (Å²) in [5.41, 5.74) is 5.39. The molecule has 1 aromatic rings. The first-order valence-corrected chi connectivity index (χ1v) is 6.40. The van der Waals surface area contributed by atoms with Crippen LogP contribution in [0.15, 0.2) is 30.3 Å². The Morgan fingerprint density at radius 3 is 2.50 bits per heavy atom. The number of aliphatic hydroxyl groups is 1. The Morgan fingerprint density at radius 2 is 1.95 bits per heavy atom. The van der Waals surface area contributed by atoms with E-state index in [0.29, 0.717) is 5.56 Å². The third-order valence-corrected chi connectivity index (χ3v) is 3.64. The van der Waals surface area contributed by atoms with Crippen LogP contribution in [0.2, 0.25) is 0 Å². The molecule has 0 saturated carbocycles. The second kappa shape index (κ2) is 5.22. The van der Waals surface area contributed by atoms with Crippen LogP contribution in [0, 0.1) is 0 Å². The molecule has 1 unspecified atom stereocenters. The number of carboxylic acids is 1. The molecule has 4 N–H and O–H groups in total. The van der Waals surface area contributed by atoms with Gasteiger partial charge < -0.3 is 20.8 Å². The average Bonchev–Trinajstić information content (AvgIpc) is 2.81. The Kier molecular flexibility index (Phi) is 3.78. The van der Waals surface area contributed by atoms with Gasteiger partial charge in [-0.3, -0.25) is 4.79 Å². The smallest absolute Gasteiger partial charge is 0.326 e. The van der Waals surface area contributed by atoms with E-state index in [-0.39, 0.29) is 13.0 Å². The molecule has 1 amide bonds. The van der Waals surface area contributed by atoms with Crippen molar-refractivity contribution in [2.24, 2.45) is 5.73 Å². The lowest BCUT2D eigenvalue weighted by atomic mass is 9.91. The number of aliphatic carboxylic acids is 1. The molecule has 108 valence electrons. The van der Waals surface area contributed by atoms with Crippen LogP contribution >= 0.6 is 0 Å². The zero-order valence-corrected chi connectivity index (χ0v) is 11.2. The molecule has 1 fully saturated rings. The minimum atomic E-state index is -1.32. The van der Waals surface area contributed by atoms with Crippen LogP contribution in [0.1, 0.15) is 18.9 Å². The number of carboxylic acid groups (broad SMARTS) is 1. The van der Waals surface area contributed by atoms with Crippen LogP contribution in [0.5, 0.6) is 0 Å². The van der Waals surface area contributed by atoms with Gasteiger partial charge in [0, 0.05) is 13.0 Å². The summed E-state index contributed by atoms with van der Waals surface area (Å²) in [4.78, 5) is 24.9. The molecular formula is C14H18N2O4. The number of carbonyl (C=O) groups is 2. The van der Waals surface area contributed by atoms with Crippen molar-refractivity contribution in [2.75, 3.05) is 6.54 Å². The minimum absolute atomic E-state index is 0.00454. The van der Waals surface area contributed by atoms with Crippen molar-refractivity contribution >= 4 is 11.9 Å². The molecule has 1 saturated heterocycles. The van der Waals surface area contributed by atoms with Crippen molar-refractivity contribution in [3.63, 3.8) is 0 Å². The molecule has 0 aromatic heterocycles. The first-order valence-electron chi connectivity index (χ1n) is 6.40. The molecule has 1 heterocycles. The lowest BCUT2D eigenvalue weighted by Crippen LogP contribution is -2.54. The van der Waals surface area contributed by atoms with Gasteiger partial charge in [0.25, 0.3) is 0 Å². The normalized spacial score (nSPS) is 25.2. The molecule has 6 nitrogen and oxygen atoms in total. The van der Waals surface area contributed by atoms with E-state index < -0.39 is 29.6 Å². The molecule has 20 heavy (non-hydrogen) atoms. The van der Waals surface area contributed by atoms with E-state index in [1.807, 2.05) is 6.07 Å². The van der Waals surface area contributed by atoms with Crippen molar-refractivity contribution in [1.29, 1.82) is 0 Å². The van der Waals surface area contributed by atoms with E-state index in [0.717, 1.165) is 4.90 Å². The predicted octanol–water partition coefficient (Wildman–Crippen LogP) is -0.0931. The van der Waals surface area contributed by atoms with Gasteiger partial charge in [-0.05, 0) is 12.5 Å². The predicted molar refractivity (Wildman–Crippen MR) is 71.7 cm³/mol. The third-order valence-electron chi connectivity index (χ3n) is 3.64. The highest BCUT2D eigenvalue weighted by Gasteiger charge is 2.44. The number of aliphatic hydroxyl groups excluding tert-OH is 1. The average molecular weight is 278 g/mol.